The average molecular weight is 694 g/mol. The van der Waals surface area contributed by atoms with E-state index < -0.39 is 35.4 Å². The van der Waals surface area contributed by atoms with Crippen LogP contribution in [-0.4, -0.2) is 83.8 Å². The average Bonchev–Trinajstić information content (AvgIpc) is 3.09. The third-order valence-electron chi connectivity index (χ3n) is 10.4. The smallest absolute Gasteiger partial charge is 0.245 e. The first kappa shape index (κ1) is 39.5. The van der Waals surface area contributed by atoms with Crippen LogP contribution in [0.1, 0.15) is 113 Å². The minimum absolute atomic E-state index is 0.111. The highest BCUT2D eigenvalue weighted by molar-refractivity contribution is 5.93. The number of rotatable bonds is 13. The van der Waals surface area contributed by atoms with Gasteiger partial charge in [0.2, 0.25) is 11.8 Å². The van der Waals surface area contributed by atoms with Gasteiger partial charge in [0.25, 0.3) is 0 Å². The van der Waals surface area contributed by atoms with Crippen molar-refractivity contribution < 1.29 is 34.4 Å². The molecule has 0 saturated carbocycles. The van der Waals surface area contributed by atoms with Crippen molar-refractivity contribution in [1.29, 1.82) is 0 Å². The van der Waals surface area contributed by atoms with E-state index in [0.29, 0.717) is 17.7 Å². The number of ether oxygens (including phenoxy) is 2. The molecule has 6 N–H and O–H groups in total. The lowest BCUT2D eigenvalue weighted by Gasteiger charge is -2.37. The van der Waals surface area contributed by atoms with Crippen molar-refractivity contribution in [2.45, 2.75) is 122 Å². The van der Waals surface area contributed by atoms with Crippen molar-refractivity contribution in [1.82, 2.24) is 16.0 Å². The summed E-state index contributed by atoms with van der Waals surface area (Å²) in [7, 11) is 1.59. The molecule has 2 heterocycles. The van der Waals surface area contributed by atoms with Gasteiger partial charge in [0.15, 0.2) is 0 Å². The summed E-state index contributed by atoms with van der Waals surface area (Å²) in [6, 6.07) is 10.4. The number of carbonyl (C=O) groups is 2. The van der Waals surface area contributed by atoms with E-state index >= 15 is 0 Å². The van der Waals surface area contributed by atoms with Gasteiger partial charge in [-0.05, 0) is 119 Å². The Hall–Kier alpha value is -3.28. The second-order valence-electron chi connectivity index (χ2n) is 15.3. The van der Waals surface area contributed by atoms with Crippen molar-refractivity contribution in [3.05, 3.63) is 69.8 Å². The Morgan fingerprint density at radius 3 is 2.40 bits per heavy atom. The van der Waals surface area contributed by atoms with Gasteiger partial charge in [-0.2, -0.15) is 0 Å². The number of aliphatic hydroxyl groups is 3. The molecule has 4 rings (SSSR count). The van der Waals surface area contributed by atoms with Crippen molar-refractivity contribution in [2.75, 3.05) is 26.8 Å². The first-order chi connectivity index (χ1) is 23.6. The molecule has 10 heteroatoms. The van der Waals surface area contributed by atoms with Gasteiger partial charge in [-0.3, -0.25) is 9.59 Å². The number of benzene rings is 2. The van der Waals surface area contributed by atoms with Crippen LogP contribution in [0.25, 0.3) is 6.08 Å². The zero-order chi connectivity index (χ0) is 36.8. The Labute approximate surface area is 298 Å². The summed E-state index contributed by atoms with van der Waals surface area (Å²) in [6.45, 7) is 15.0. The number of aliphatic hydroxyl groups excluding tert-OH is 3. The minimum atomic E-state index is -1.16. The summed E-state index contributed by atoms with van der Waals surface area (Å²) >= 11 is 0. The molecule has 0 radical (unpaired) electrons. The van der Waals surface area contributed by atoms with E-state index in [0.717, 1.165) is 60.2 Å². The van der Waals surface area contributed by atoms with E-state index in [9.17, 15) is 24.9 Å². The largest absolute Gasteiger partial charge is 0.496 e. The number of piperidine rings is 1. The third-order valence-corrected chi connectivity index (χ3v) is 10.4. The number of nitrogens with one attached hydrogen (secondary N) is 3. The number of aryl methyl sites for hydroxylation is 1. The highest BCUT2D eigenvalue weighted by atomic mass is 16.5. The van der Waals surface area contributed by atoms with Gasteiger partial charge in [-0.25, -0.2) is 0 Å². The molecule has 0 aromatic heterocycles. The zero-order valence-corrected chi connectivity index (χ0v) is 31.1. The monoisotopic (exact) mass is 693 g/mol. The van der Waals surface area contributed by atoms with Crippen LogP contribution >= 0.6 is 0 Å². The summed E-state index contributed by atoms with van der Waals surface area (Å²) in [6.07, 6.45) is 3.66. The van der Waals surface area contributed by atoms with Crippen molar-refractivity contribution >= 4 is 17.9 Å². The van der Waals surface area contributed by atoms with Gasteiger partial charge in [-0.15, -0.1) is 0 Å². The molecule has 0 spiro atoms. The molecule has 5 atom stereocenters. The number of carbonyl (C=O) groups excluding carboxylic acids is 2. The standard InChI is InChI=1S/C40H59N3O7/c1-9-24(2)31-22-34(49-8)32(36-35(46)33(45)21-30(23-44)50-36)20-28(31)19-27-11-10-26(18-25(27)3)12-15-39(4,5)37(47)43-40(6,7)38(48)42-29-13-16-41-17-14-29/h10-12,15,18,20,22,24,29-30,33,35-36,41,44-46H,9,13-14,16-17,19,21,23H2,1-8H3,(H,42,48)(H,43,47). The minimum Gasteiger partial charge on any atom is -0.496 e. The lowest BCUT2D eigenvalue weighted by molar-refractivity contribution is -0.180. The summed E-state index contributed by atoms with van der Waals surface area (Å²) in [4.78, 5) is 26.4. The molecular weight excluding hydrogens is 634 g/mol. The maximum absolute atomic E-state index is 13.4. The number of amides is 2. The molecule has 2 aromatic carbocycles. The Morgan fingerprint density at radius 1 is 1.08 bits per heavy atom. The quantitative estimate of drug-likeness (QED) is 0.180. The van der Waals surface area contributed by atoms with Crippen LogP contribution in [0.15, 0.2) is 36.4 Å². The second-order valence-corrected chi connectivity index (χ2v) is 15.3. The molecule has 50 heavy (non-hydrogen) atoms. The van der Waals surface area contributed by atoms with Crippen LogP contribution in [0.4, 0.5) is 0 Å². The molecule has 2 saturated heterocycles. The molecule has 2 amide bonds. The summed E-state index contributed by atoms with van der Waals surface area (Å²) in [5, 5.41) is 40.6. The lowest BCUT2D eigenvalue weighted by Crippen LogP contribution is -2.59. The molecular formula is C40H59N3O7. The fraction of sp³-hybridized carbons (Fsp3) is 0.600. The van der Waals surface area contributed by atoms with Crippen molar-refractivity contribution in [3.8, 4) is 5.75 Å². The van der Waals surface area contributed by atoms with Crippen LogP contribution in [0, 0.1) is 12.3 Å². The molecule has 2 aliphatic heterocycles. The molecule has 2 aromatic rings. The summed E-state index contributed by atoms with van der Waals surface area (Å²) < 4.78 is 11.8. The van der Waals surface area contributed by atoms with E-state index in [-0.39, 0.29) is 36.8 Å². The zero-order valence-electron chi connectivity index (χ0n) is 31.1. The molecule has 0 aliphatic carbocycles. The molecule has 2 fully saturated rings. The predicted molar refractivity (Wildman–Crippen MR) is 196 cm³/mol. The Bertz CT molecular complexity index is 1510. The molecule has 10 nitrogen and oxygen atoms in total. The third kappa shape index (κ3) is 9.53. The fourth-order valence-electron chi connectivity index (χ4n) is 6.66. The Kier molecular flexibility index (Phi) is 13.3. The first-order valence-corrected chi connectivity index (χ1v) is 18.1. The van der Waals surface area contributed by atoms with E-state index in [4.69, 9.17) is 9.47 Å². The Balaban J connectivity index is 1.53. The summed E-state index contributed by atoms with van der Waals surface area (Å²) in [5.41, 5.74) is 4.10. The second kappa shape index (κ2) is 16.8. The molecule has 2 aliphatic rings. The van der Waals surface area contributed by atoms with E-state index in [1.165, 1.54) is 0 Å². The van der Waals surface area contributed by atoms with Gasteiger partial charge in [-0.1, -0.05) is 44.2 Å². The van der Waals surface area contributed by atoms with Crippen LogP contribution in [-0.2, 0) is 20.7 Å². The van der Waals surface area contributed by atoms with E-state index in [1.54, 1.807) is 21.0 Å². The first-order valence-electron chi connectivity index (χ1n) is 18.1. The van der Waals surface area contributed by atoms with E-state index in [2.05, 4.69) is 48.9 Å². The van der Waals surface area contributed by atoms with Crippen LogP contribution < -0.4 is 20.7 Å². The lowest BCUT2D eigenvalue weighted by atomic mass is 9.85. The highest BCUT2D eigenvalue weighted by Gasteiger charge is 2.39. The molecule has 5 unspecified atom stereocenters. The van der Waals surface area contributed by atoms with Crippen LogP contribution in [0.3, 0.4) is 0 Å². The number of hydrogen-bond acceptors (Lipinski definition) is 8. The normalized spacial score (nSPS) is 22.7. The van der Waals surface area contributed by atoms with Crippen molar-refractivity contribution in [3.63, 3.8) is 0 Å². The van der Waals surface area contributed by atoms with Crippen LogP contribution in [0.2, 0.25) is 0 Å². The van der Waals surface area contributed by atoms with Crippen LogP contribution in [0.5, 0.6) is 5.75 Å². The Morgan fingerprint density at radius 2 is 1.78 bits per heavy atom. The van der Waals surface area contributed by atoms with Crippen molar-refractivity contribution in [2.24, 2.45) is 5.41 Å². The SMILES string of the molecule is CCC(C)c1cc(OC)c(C2OC(CO)CC(O)C2O)cc1Cc1ccc(C=CC(C)(C)C(=O)NC(C)(C)C(=O)NC2CCNCC2)cc1C. The van der Waals surface area contributed by atoms with Gasteiger partial charge < -0.3 is 40.7 Å². The maximum atomic E-state index is 13.4. The summed E-state index contributed by atoms with van der Waals surface area (Å²) in [5.74, 6) is 0.412. The fourth-order valence-corrected chi connectivity index (χ4v) is 6.66. The number of hydrogen-bond donors (Lipinski definition) is 6. The molecule has 0 bridgehead atoms. The highest BCUT2D eigenvalue weighted by Crippen LogP contribution is 2.40. The van der Waals surface area contributed by atoms with Gasteiger partial charge in [0, 0.05) is 18.0 Å². The van der Waals surface area contributed by atoms with Gasteiger partial charge in [0.05, 0.1) is 31.3 Å². The molecule has 276 valence electrons. The van der Waals surface area contributed by atoms with E-state index in [1.807, 2.05) is 44.2 Å². The van der Waals surface area contributed by atoms with Gasteiger partial charge in [0.1, 0.15) is 23.5 Å². The maximum Gasteiger partial charge on any atom is 0.245 e. The topological polar surface area (TPSA) is 149 Å². The van der Waals surface area contributed by atoms with Gasteiger partial charge >= 0.3 is 0 Å². The number of methoxy groups -OCH3 is 1. The predicted octanol–water partition coefficient (Wildman–Crippen LogP) is 4.45.